The fourth-order valence-electron chi connectivity index (χ4n) is 2.04. The molecular formula is C12H22N2. The summed E-state index contributed by atoms with van der Waals surface area (Å²) in [5.74, 6) is 6.11. The van der Waals surface area contributed by atoms with Crippen LogP contribution < -0.4 is 5.32 Å². The molecule has 14 heavy (non-hydrogen) atoms. The second kappa shape index (κ2) is 6.86. The van der Waals surface area contributed by atoms with Crippen molar-refractivity contribution in [3.63, 3.8) is 0 Å². The quantitative estimate of drug-likeness (QED) is 0.667. The van der Waals surface area contributed by atoms with Gasteiger partial charge in [0, 0.05) is 25.6 Å². The maximum Gasteiger partial charge on any atom is 0.0233 e. The van der Waals surface area contributed by atoms with Crippen LogP contribution in [0.1, 0.15) is 33.1 Å². The summed E-state index contributed by atoms with van der Waals surface area (Å²) in [5.41, 5.74) is 0. The molecule has 1 aliphatic heterocycles. The van der Waals surface area contributed by atoms with Gasteiger partial charge < -0.3 is 5.32 Å². The molecule has 0 radical (unpaired) electrons. The van der Waals surface area contributed by atoms with Gasteiger partial charge in [0.15, 0.2) is 0 Å². The minimum absolute atomic E-state index is 0.758. The SMILES string of the molecule is CC#CCCN(CCC)C1CCNC1. The predicted octanol–water partition coefficient (Wildman–Crippen LogP) is 1.47. The summed E-state index contributed by atoms with van der Waals surface area (Å²) in [4.78, 5) is 2.59. The minimum Gasteiger partial charge on any atom is -0.315 e. The predicted molar refractivity (Wildman–Crippen MR) is 61.2 cm³/mol. The van der Waals surface area contributed by atoms with Crippen molar-refractivity contribution in [2.24, 2.45) is 0 Å². The zero-order chi connectivity index (χ0) is 10.2. The summed E-state index contributed by atoms with van der Waals surface area (Å²) in [7, 11) is 0. The molecule has 1 unspecified atom stereocenters. The lowest BCUT2D eigenvalue weighted by atomic mass is 10.2. The molecule has 1 aliphatic rings. The van der Waals surface area contributed by atoms with Gasteiger partial charge in [-0.2, -0.15) is 0 Å². The third kappa shape index (κ3) is 3.69. The first-order chi connectivity index (χ1) is 6.88. The van der Waals surface area contributed by atoms with E-state index in [-0.39, 0.29) is 0 Å². The Kier molecular flexibility index (Phi) is 5.66. The highest BCUT2D eigenvalue weighted by atomic mass is 15.2. The van der Waals surface area contributed by atoms with Crippen LogP contribution >= 0.6 is 0 Å². The van der Waals surface area contributed by atoms with Crippen molar-refractivity contribution < 1.29 is 0 Å². The van der Waals surface area contributed by atoms with Crippen molar-refractivity contribution in [1.29, 1.82) is 0 Å². The first-order valence-electron chi connectivity index (χ1n) is 5.72. The van der Waals surface area contributed by atoms with Crippen LogP contribution in [-0.2, 0) is 0 Å². The Labute approximate surface area is 88.1 Å². The molecule has 0 aliphatic carbocycles. The van der Waals surface area contributed by atoms with Gasteiger partial charge in [-0.05, 0) is 32.9 Å². The lowest BCUT2D eigenvalue weighted by molar-refractivity contribution is 0.213. The number of hydrogen-bond acceptors (Lipinski definition) is 2. The van der Waals surface area contributed by atoms with Crippen molar-refractivity contribution in [2.75, 3.05) is 26.2 Å². The first kappa shape index (κ1) is 11.6. The van der Waals surface area contributed by atoms with Crippen LogP contribution in [0.2, 0.25) is 0 Å². The molecule has 1 atom stereocenters. The molecule has 1 rings (SSSR count). The van der Waals surface area contributed by atoms with Crippen molar-refractivity contribution >= 4 is 0 Å². The van der Waals surface area contributed by atoms with E-state index < -0.39 is 0 Å². The molecule has 1 saturated heterocycles. The van der Waals surface area contributed by atoms with E-state index >= 15 is 0 Å². The van der Waals surface area contributed by atoms with Crippen molar-refractivity contribution in [3.05, 3.63) is 0 Å². The monoisotopic (exact) mass is 194 g/mol. The number of nitrogens with one attached hydrogen (secondary N) is 1. The fraction of sp³-hybridized carbons (Fsp3) is 0.833. The highest BCUT2D eigenvalue weighted by Gasteiger charge is 2.20. The lowest BCUT2D eigenvalue weighted by Gasteiger charge is -2.27. The molecule has 1 heterocycles. The average molecular weight is 194 g/mol. The highest BCUT2D eigenvalue weighted by Crippen LogP contribution is 2.09. The molecule has 0 bridgehead atoms. The lowest BCUT2D eigenvalue weighted by Crippen LogP contribution is -2.38. The molecule has 0 aromatic rings. The van der Waals surface area contributed by atoms with Crippen molar-refractivity contribution in [3.8, 4) is 11.8 Å². The van der Waals surface area contributed by atoms with Gasteiger partial charge in [-0.25, -0.2) is 0 Å². The minimum atomic E-state index is 0.758. The highest BCUT2D eigenvalue weighted by molar-refractivity contribution is 4.96. The summed E-state index contributed by atoms with van der Waals surface area (Å²) >= 11 is 0. The van der Waals surface area contributed by atoms with Gasteiger partial charge in [0.05, 0.1) is 0 Å². The van der Waals surface area contributed by atoms with E-state index in [9.17, 15) is 0 Å². The summed E-state index contributed by atoms with van der Waals surface area (Å²) in [6, 6.07) is 0.758. The van der Waals surface area contributed by atoms with Crippen LogP contribution in [-0.4, -0.2) is 37.1 Å². The van der Waals surface area contributed by atoms with Crippen LogP contribution in [0.3, 0.4) is 0 Å². The fourth-order valence-corrected chi connectivity index (χ4v) is 2.04. The molecule has 0 aromatic carbocycles. The van der Waals surface area contributed by atoms with Gasteiger partial charge in [-0.15, -0.1) is 11.8 Å². The Hall–Kier alpha value is -0.520. The van der Waals surface area contributed by atoms with E-state index in [4.69, 9.17) is 0 Å². The maximum atomic E-state index is 3.42. The van der Waals surface area contributed by atoms with Gasteiger partial charge in [0.25, 0.3) is 0 Å². The third-order valence-electron chi connectivity index (χ3n) is 2.76. The summed E-state index contributed by atoms with van der Waals surface area (Å²) < 4.78 is 0. The van der Waals surface area contributed by atoms with Crippen LogP contribution in [0.15, 0.2) is 0 Å². The molecule has 2 nitrogen and oxygen atoms in total. The summed E-state index contributed by atoms with van der Waals surface area (Å²) in [6.07, 6.45) is 3.57. The molecule has 1 N–H and O–H groups in total. The number of nitrogens with zero attached hydrogens (tertiary/aromatic N) is 1. The van der Waals surface area contributed by atoms with Crippen molar-refractivity contribution in [2.45, 2.75) is 39.2 Å². The second-order valence-corrected chi connectivity index (χ2v) is 3.86. The molecule has 80 valence electrons. The molecule has 0 spiro atoms. The zero-order valence-electron chi connectivity index (χ0n) is 9.47. The van der Waals surface area contributed by atoms with Gasteiger partial charge in [0.1, 0.15) is 0 Å². The van der Waals surface area contributed by atoms with Gasteiger partial charge >= 0.3 is 0 Å². The van der Waals surface area contributed by atoms with Gasteiger partial charge in [-0.1, -0.05) is 6.92 Å². The van der Waals surface area contributed by atoms with Crippen LogP contribution in [0, 0.1) is 11.8 Å². The van der Waals surface area contributed by atoms with E-state index in [0.29, 0.717) is 0 Å². The maximum absolute atomic E-state index is 3.42. The molecule has 0 amide bonds. The Balaban J connectivity index is 2.31. The van der Waals surface area contributed by atoms with E-state index in [2.05, 4.69) is 29.0 Å². The largest absolute Gasteiger partial charge is 0.315 e. The van der Waals surface area contributed by atoms with E-state index in [0.717, 1.165) is 19.0 Å². The first-order valence-corrected chi connectivity index (χ1v) is 5.72. The molecule has 0 aromatic heterocycles. The Bertz CT molecular complexity index is 196. The topological polar surface area (TPSA) is 15.3 Å². The normalized spacial score (nSPS) is 20.9. The average Bonchev–Trinajstić information content (AvgIpc) is 2.70. The number of rotatable bonds is 5. The third-order valence-corrected chi connectivity index (χ3v) is 2.76. The standard InChI is InChI=1S/C12H22N2/c1-3-5-6-10-14(9-4-2)12-7-8-13-11-12/h12-13H,4,6-11H2,1-2H3. The smallest absolute Gasteiger partial charge is 0.0233 e. The number of hydrogen-bond donors (Lipinski definition) is 1. The molecule has 1 fully saturated rings. The molecular weight excluding hydrogens is 172 g/mol. The Morgan fingerprint density at radius 1 is 1.43 bits per heavy atom. The molecule has 2 heteroatoms. The zero-order valence-corrected chi connectivity index (χ0v) is 9.47. The van der Waals surface area contributed by atoms with Crippen molar-refractivity contribution in [1.82, 2.24) is 10.2 Å². The van der Waals surface area contributed by atoms with E-state index in [1.807, 2.05) is 6.92 Å². The van der Waals surface area contributed by atoms with Crippen LogP contribution in [0.4, 0.5) is 0 Å². The van der Waals surface area contributed by atoms with E-state index in [1.54, 1.807) is 0 Å². The Morgan fingerprint density at radius 3 is 2.86 bits per heavy atom. The van der Waals surface area contributed by atoms with E-state index in [1.165, 1.54) is 32.5 Å². The van der Waals surface area contributed by atoms with Crippen LogP contribution in [0.25, 0.3) is 0 Å². The van der Waals surface area contributed by atoms with Gasteiger partial charge in [0.2, 0.25) is 0 Å². The van der Waals surface area contributed by atoms with Crippen LogP contribution in [0.5, 0.6) is 0 Å². The summed E-state index contributed by atoms with van der Waals surface area (Å²) in [6.45, 7) is 8.88. The Morgan fingerprint density at radius 2 is 2.29 bits per heavy atom. The van der Waals surface area contributed by atoms with Gasteiger partial charge in [-0.3, -0.25) is 4.90 Å². The summed E-state index contributed by atoms with van der Waals surface area (Å²) in [5, 5.41) is 3.42. The molecule has 0 saturated carbocycles. The second-order valence-electron chi connectivity index (χ2n) is 3.86.